The molecule has 0 aliphatic carbocycles. The van der Waals surface area contributed by atoms with Gasteiger partial charge in [-0.1, -0.05) is 76.9 Å². The van der Waals surface area contributed by atoms with Gasteiger partial charge in [0, 0.05) is 6.61 Å². The van der Waals surface area contributed by atoms with Crippen molar-refractivity contribution in [3.8, 4) is 0 Å². The predicted molar refractivity (Wildman–Crippen MR) is 136 cm³/mol. The topological polar surface area (TPSA) is 163 Å². The van der Waals surface area contributed by atoms with Crippen LogP contribution in [0.4, 0.5) is 4.79 Å². The Balaban J connectivity index is 2.10. The first-order valence-electron chi connectivity index (χ1n) is 13.4. The SMILES string of the molecule is CCCCCCCC/C=C\CCCCCCCCO[C@H]1O[C@H](COP(=O)(O)C(=O)O)[C@@H](O)[C@H](O)[C@H]1O. The van der Waals surface area contributed by atoms with Gasteiger partial charge in [0.1, 0.15) is 24.4 Å². The molecule has 6 atom stereocenters. The second kappa shape index (κ2) is 19.3. The van der Waals surface area contributed by atoms with Gasteiger partial charge in [0.25, 0.3) is 0 Å². The van der Waals surface area contributed by atoms with Crippen LogP contribution in [0.3, 0.4) is 0 Å². The first-order chi connectivity index (χ1) is 17.2. The molecule has 5 N–H and O–H groups in total. The van der Waals surface area contributed by atoms with Crippen molar-refractivity contribution in [2.45, 2.75) is 128 Å². The molecule has 0 aromatic carbocycles. The van der Waals surface area contributed by atoms with Crippen LogP contribution >= 0.6 is 7.60 Å². The summed E-state index contributed by atoms with van der Waals surface area (Å²) in [6.07, 6.45) is 13.6. The largest absolute Gasteiger partial charge is 0.472 e. The van der Waals surface area contributed by atoms with E-state index in [1.807, 2.05) is 0 Å². The van der Waals surface area contributed by atoms with E-state index >= 15 is 0 Å². The van der Waals surface area contributed by atoms with Gasteiger partial charge < -0.3 is 34.8 Å². The fourth-order valence-corrected chi connectivity index (χ4v) is 4.43. The average molecular weight is 539 g/mol. The Hall–Kier alpha value is -0.840. The first-order valence-corrected chi connectivity index (χ1v) is 15.0. The van der Waals surface area contributed by atoms with E-state index in [9.17, 15) is 29.6 Å². The maximum absolute atomic E-state index is 11.4. The van der Waals surface area contributed by atoms with E-state index in [-0.39, 0.29) is 6.61 Å². The molecule has 10 nitrogen and oxygen atoms in total. The van der Waals surface area contributed by atoms with Crippen LogP contribution in [0.5, 0.6) is 0 Å². The summed E-state index contributed by atoms with van der Waals surface area (Å²) in [5.74, 6) is 0. The third-order valence-electron chi connectivity index (χ3n) is 6.26. The highest BCUT2D eigenvalue weighted by Gasteiger charge is 2.45. The molecule has 1 unspecified atom stereocenters. The Morgan fingerprint density at radius 2 is 1.36 bits per heavy atom. The summed E-state index contributed by atoms with van der Waals surface area (Å²) in [6, 6.07) is 0. The van der Waals surface area contributed by atoms with E-state index < -0.39 is 50.6 Å². The number of carboxylic acid groups (broad SMARTS) is 1. The zero-order valence-electron chi connectivity index (χ0n) is 21.6. The van der Waals surface area contributed by atoms with Crippen molar-refractivity contribution in [2.75, 3.05) is 13.2 Å². The molecule has 1 aliphatic heterocycles. The molecule has 1 aliphatic rings. The third-order valence-corrected chi connectivity index (χ3v) is 7.24. The average Bonchev–Trinajstić information content (AvgIpc) is 2.85. The Morgan fingerprint density at radius 1 is 0.833 bits per heavy atom. The molecule has 0 spiro atoms. The molecule has 11 heteroatoms. The zero-order chi connectivity index (χ0) is 26.8. The Morgan fingerprint density at radius 3 is 1.92 bits per heavy atom. The van der Waals surface area contributed by atoms with Crippen LogP contribution in [-0.2, 0) is 18.6 Å². The van der Waals surface area contributed by atoms with Gasteiger partial charge in [-0.15, -0.1) is 0 Å². The lowest BCUT2D eigenvalue weighted by Gasteiger charge is -2.40. The van der Waals surface area contributed by atoms with E-state index in [0.717, 1.165) is 32.1 Å². The summed E-state index contributed by atoms with van der Waals surface area (Å²) in [6.45, 7) is 1.73. The highest BCUT2D eigenvalue weighted by Crippen LogP contribution is 2.43. The normalized spacial score (nSPS) is 26.3. The number of hydrogen-bond donors (Lipinski definition) is 5. The van der Waals surface area contributed by atoms with Gasteiger partial charge in [0.05, 0.1) is 6.61 Å². The maximum Gasteiger partial charge on any atom is 0.435 e. The molecule has 0 saturated carbocycles. The molecule has 1 heterocycles. The lowest BCUT2D eigenvalue weighted by Crippen LogP contribution is -2.59. The molecule has 1 saturated heterocycles. The molecule has 212 valence electrons. The highest BCUT2D eigenvalue weighted by atomic mass is 31.2. The molecule has 0 amide bonds. The summed E-state index contributed by atoms with van der Waals surface area (Å²) in [4.78, 5) is 19.9. The van der Waals surface area contributed by atoms with Gasteiger partial charge >= 0.3 is 13.3 Å². The lowest BCUT2D eigenvalue weighted by atomic mass is 9.99. The number of hydrogen-bond acceptors (Lipinski definition) is 8. The second-order valence-electron chi connectivity index (χ2n) is 9.42. The van der Waals surface area contributed by atoms with Gasteiger partial charge in [-0.2, -0.15) is 0 Å². The number of unbranched alkanes of at least 4 members (excludes halogenated alkanes) is 12. The minimum Gasteiger partial charge on any atom is -0.472 e. The number of rotatable bonds is 21. The van der Waals surface area contributed by atoms with E-state index in [0.29, 0.717) is 0 Å². The number of carbonyl (C=O) groups is 1. The first kappa shape index (κ1) is 33.2. The number of aliphatic hydroxyl groups is 3. The zero-order valence-corrected chi connectivity index (χ0v) is 22.5. The van der Waals surface area contributed by atoms with Gasteiger partial charge in [-0.05, 0) is 32.1 Å². The fraction of sp³-hybridized carbons (Fsp3) is 0.880. The minimum atomic E-state index is -4.93. The highest BCUT2D eigenvalue weighted by molar-refractivity contribution is 7.70. The van der Waals surface area contributed by atoms with Crippen LogP contribution in [-0.4, -0.2) is 74.9 Å². The number of ether oxygens (including phenoxy) is 2. The smallest absolute Gasteiger partial charge is 0.435 e. The number of allylic oxidation sites excluding steroid dienone is 2. The second-order valence-corrected chi connectivity index (χ2v) is 11.1. The monoisotopic (exact) mass is 538 g/mol. The Kier molecular flexibility index (Phi) is 17.8. The molecule has 0 bridgehead atoms. The van der Waals surface area contributed by atoms with E-state index in [1.165, 1.54) is 57.8 Å². The van der Waals surface area contributed by atoms with Crippen LogP contribution in [0.2, 0.25) is 0 Å². The van der Waals surface area contributed by atoms with Crippen LogP contribution in [0.25, 0.3) is 0 Å². The molecule has 0 radical (unpaired) electrons. The summed E-state index contributed by atoms with van der Waals surface area (Å²) >= 11 is 0. The van der Waals surface area contributed by atoms with Gasteiger partial charge in [-0.25, -0.2) is 9.36 Å². The Bertz CT molecular complexity index is 659. The molecular formula is C25H47O10P. The number of aliphatic hydroxyl groups excluding tert-OH is 3. The van der Waals surface area contributed by atoms with Crippen LogP contribution in [0.15, 0.2) is 12.2 Å². The van der Waals surface area contributed by atoms with E-state index in [2.05, 4.69) is 23.6 Å². The lowest BCUT2D eigenvalue weighted by molar-refractivity contribution is -0.300. The van der Waals surface area contributed by atoms with E-state index in [1.54, 1.807) is 0 Å². The predicted octanol–water partition coefficient (Wildman–Crippen LogP) is 4.73. The molecule has 1 rings (SSSR count). The van der Waals surface area contributed by atoms with Crippen molar-refractivity contribution in [2.24, 2.45) is 0 Å². The van der Waals surface area contributed by atoms with Gasteiger partial charge in [0.15, 0.2) is 6.29 Å². The van der Waals surface area contributed by atoms with Crippen molar-refractivity contribution in [3.63, 3.8) is 0 Å². The van der Waals surface area contributed by atoms with Crippen molar-refractivity contribution < 1.29 is 48.7 Å². The summed E-state index contributed by atoms with van der Waals surface area (Å²) < 4.78 is 26.7. The van der Waals surface area contributed by atoms with Crippen molar-refractivity contribution in [1.29, 1.82) is 0 Å². The molecule has 0 aromatic rings. The van der Waals surface area contributed by atoms with Crippen molar-refractivity contribution in [3.05, 3.63) is 12.2 Å². The van der Waals surface area contributed by atoms with E-state index in [4.69, 9.17) is 14.6 Å². The Labute approximate surface area is 215 Å². The van der Waals surface area contributed by atoms with Crippen LogP contribution < -0.4 is 0 Å². The summed E-state index contributed by atoms with van der Waals surface area (Å²) in [5.41, 5.74) is -2.04. The van der Waals surface area contributed by atoms with Crippen molar-refractivity contribution >= 4 is 13.3 Å². The third kappa shape index (κ3) is 13.6. The minimum absolute atomic E-state index is 0.257. The molecular weight excluding hydrogens is 491 g/mol. The fourth-order valence-electron chi connectivity index (χ4n) is 3.97. The van der Waals surface area contributed by atoms with Crippen molar-refractivity contribution in [1.82, 2.24) is 0 Å². The van der Waals surface area contributed by atoms with Crippen LogP contribution in [0, 0.1) is 0 Å². The molecule has 0 aromatic heterocycles. The van der Waals surface area contributed by atoms with Gasteiger partial charge in [-0.3, -0.25) is 4.52 Å². The quantitative estimate of drug-likeness (QED) is 0.0784. The molecule has 36 heavy (non-hydrogen) atoms. The standard InChI is InChI=1S/C25H47O10P/c1-2-3-4-5-6-7-8-9-10-11-12-13-14-15-16-17-18-33-24-23(28)22(27)21(26)20(35-24)19-34-36(31,32)25(29)30/h9-10,20-24,26-28H,2-8,11-19H2,1H3,(H,29,30)(H,31,32)/b10-9-/t20-,21-,22+,23-,24+/m1/s1. The summed E-state index contributed by atoms with van der Waals surface area (Å²) in [5, 5.41) is 38.7. The van der Waals surface area contributed by atoms with Crippen LogP contribution in [0.1, 0.15) is 96.8 Å². The van der Waals surface area contributed by atoms with Gasteiger partial charge in [0.2, 0.25) is 0 Å². The molecule has 1 fully saturated rings. The summed E-state index contributed by atoms with van der Waals surface area (Å²) in [7, 11) is -4.93. The maximum atomic E-state index is 11.4.